The van der Waals surface area contributed by atoms with Crippen LogP contribution in [0.2, 0.25) is 0 Å². The predicted molar refractivity (Wildman–Crippen MR) is 123 cm³/mol. The maximum atomic E-state index is 12.8. The van der Waals surface area contributed by atoms with E-state index < -0.39 is 0 Å². The topological polar surface area (TPSA) is 74.3 Å². The van der Waals surface area contributed by atoms with E-state index in [0.29, 0.717) is 35.3 Å². The highest BCUT2D eigenvalue weighted by molar-refractivity contribution is 9.10. The molecule has 0 aliphatic rings. The summed E-state index contributed by atoms with van der Waals surface area (Å²) >= 11 is 3.44. The number of hydrogen-bond donors (Lipinski definition) is 0. The Morgan fingerprint density at radius 2 is 1.94 bits per heavy atom. The van der Waals surface area contributed by atoms with E-state index in [-0.39, 0.29) is 5.91 Å². The summed E-state index contributed by atoms with van der Waals surface area (Å²) in [5.74, 6) is 1.49. The first-order valence-electron chi connectivity index (χ1n) is 10.0. The van der Waals surface area contributed by atoms with Crippen molar-refractivity contribution in [2.24, 2.45) is 0 Å². The molecule has 2 heterocycles. The number of rotatable bonds is 6. The Morgan fingerprint density at radius 1 is 1.23 bits per heavy atom. The fourth-order valence-electron chi connectivity index (χ4n) is 3.79. The fraction of sp³-hybridized carbons (Fsp3) is 0.261. The minimum absolute atomic E-state index is 0.0200. The second-order valence-electron chi connectivity index (χ2n) is 7.29. The van der Waals surface area contributed by atoms with E-state index >= 15 is 0 Å². The summed E-state index contributed by atoms with van der Waals surface area (Å²) in [6.45, 7) is 4.97. The molecule has 0 bridgehead atoms. The summed E-state index contributed by atoms with van der Waals surface area (Å²) < 4.78 is 8.58. The Labute approximate surface area is 188 Å². The maximum Gasteiger partial charge on any atom is 0.287 e. The first kappa shape index (κ1) is 21.1. The molecule has 8 heteroatoms. The normalized spacial score (nSPS) is 11.2. The summed E-state index contributed by atoms with van der Waals surface area (Å²) in [6.07, 6.45) is 0. The molecule has 160 valence electrons. The summed E-state index contributed by atoms with van der Waals surface area (Å²) in [6, 6.07) is 15.3. The summed E-state index contributed by atoms with van der Waals surface area (Å²) in [5, 5.41) is 13.6. The first-order chi connectivity index (χ1) is 14.9. The molecule has 0 unspecified atom stereocenters. The molecule has 0 aliphatic heterocycles. The Balaban J connectivity index is 1.96. The van der Waals surface area contributed by atoms with Gasteiger partial charge in [0.1, 0.15) is 11.6 Å². The van der Waals surface area contributed by atoms with Crippen molar-refractivity contribution in [3.63, 3.8) is 0 Å². The van der Waals surface area contributed by atoms with Crippen molar-refractivity contribution in [1.29, 1.82) is 0 Å². The van der Waals surface area contributed by atoms with Crippen LogP contribution in [0.4, 0.5) is 0 Å². The highest BCUT2D eigenvalue weighted by atomic mass is 79.9. The Morgan fingerprint density at radius 3 is 2.58 bits per heavy atom. The van der Waals surface area contributed by atoms with E-state index in [2.05, 4.69) is 20.5 Å². The smallest absolute Gasteiger partial charge is 0.287 e. The molecule has 2 aromatic heterocycles. The number of fused-ring (bicyclic) bond motifs is 3. The number of hydrogen-bond acceptors (Lipinski definition) is 4. The quantitative estimate of drug-likeness (QED) is 0.236. The van der Waals surface area contributed by atoms with Gasteiger partial charge in [-0.1, -0.05) is 24.3 Å². The predicted octanol–water partition coefficient (Wildman–Crippen LogP) is 4.01. The average Bonchev–Trinajstić information content (AvgIpc) is 3.14. The van der Waals surface area contributed by atoms with Crippen LogP contribution in [-0.4, -0.2) is 34.0 Å². The van der Waals surface area contributed by atoms with E-state index in [9.17, 15) is 10.0 Å². The zero-order valence-corrected chi connectivity index (χ0v) is 19.2. The lowest BCUT2D eigenvalue weighted by Crippen LogP contribution is -2.29. The van der Waals surface area contributed by atoms with E-state index in [4.69, 9.17) is 9.72 Å². The van der Waals surface area contributed by atoms with Gasteiger partial charge in [0.25, 0.3) is 4.60 Å². The lowest BCUT2D eigenvalue weighted by molar-refractivity contribution is -0.587. The number of benzene rings is 2. The highest BCUT2D eigenvalue weighted by Gasteiger charge is 2.24. The molecule has 7 nitrogen and oxygen atoms in total. The van der Waals surface area contributed by atoms with Crippen LogP contribution in [-0.2, 0) is 17.9 Å². The van der Waals surface area contributed by atoms with Gasteiger partial charge in [-0.2, -0.15) is 4.73 Å². The molecule has 0 radical (unpaired) electrons. The molecule has 0 N–H and O–H groups in total. The second-order valence-corrected chi connectivity index (χ2v) is 8.05. The average molecular weight is 483 g/mol. The SMILES string of the molecule is CCN(Cc1nc2c(Br)[n+]([O-])c3ccccc3c2n1Cc1ccc(OC)cc1)C(C)=O. The Kier molecular flexibility index (Phi) is 5.82. The third kappa shape index (κ3) is 3.83. The van der Waals surface area contributed by atoms with Gasteiger partial charge in [0.15, 0.2) is 5.52 Å². The van der Waals surface area contributed by atoms with Crippen LogP contribution in [0, 0.1) is 5.21 Å². The van der Waals surface area contributed by atoms with Crippen molar-refractivity contribution in [2.75, 3.05) is 13.7 Å². The number of carbonyl (C=O) groups excluding carboxylic acids is 1. The third-order valence-electron chi connectivity index (χ3n) is 5.46. The lowest BCUT2D eigenvalue weighted by Gasteiger charge is -2.19. The molecule has 2 aromatic carbocycles. The van der Waals surface area contributed by atoms with Crippen LogP contribution in [0.15, 0.2) is 53.1 Å². The van der Waals surface area contributed by atoms with Crippen molar-refractivity contribution in [3.05, 3.63) is 69.7 Å². The monoisotopic (exact) mass is 482 g/mol. The highest BCUT2D eigenvalue weighted by Crippen LogP contribution is 2.30. The van der Waals surface area contributed by atoms with Gasteiger partial charge >= 0.3 is 0 Å². The third-order valence-corrected chi connectivity index (χ3v) is 6.16. The second kappa shape index (κ2) is 8.55. The number of para-hydroxylation sites is 1. The lowest BCUT2D eigenvalue weighted by atomic mass is 10.1. The van der Waals surface area contributed by atoms with Gasteiger partial charge in [-0.25, -0.2) is 4.98 Å². The van der Waals surface area contributed by atoms with Gasteiger partial charge in [0, 0.05) is 42.0 Å². The largest absolute Gasteiger partial charge is 0.617 e. The van der Waals surface area contributed by atoms with Gasteiger partial charge in [-0.3, -0.25) is 4.79 Å². The van der Waals surface area contributed by atoms with E-state index in [1.54, 1.807) is 25.0 Å². The minimum Gasteiger partial charge on any atom is -0.617 e. The zero-order chi connectivity index (χ0) is 22.1. The molecule has 4 rings (SSSR count). The molecular formula is C23H23BrN4O3. The van der Waals surface area contributed by atoms with Crippen LogP contribution < -0.4 is 9.47 Å². The molecule has 0 saturated heterocycles. The number of ether oxygens (including phenoxy) is 1. The molecule has 31 heavy (non-hydrogen) atoms. The number of carbonyl (C=O) groups is 1. The van der Waals surface area contributed by atoms with Crippen LogP contribution in [0.1, 0.15) is 25.2 Å². The number of pyridine rings is 1. The van der Waals surface area contributed by atoms with E-state index in [1.165, 1.54) is 0 Å². The van der Waals surface area contributed by atoms with Crippen LogP contribution in [0.25, 0.3) is 21.9 Å². The Hall–Kier alpha value is -3.13. The van der Waals surface area contributed by atoms with Crippen molar-refractivity contribution in [3.8, 4) is 5.75 Å². The number of aromatic nitrogens is 3. The molecule has 0 fully saturated rings. The first-order valence-corrected chi connectivity index (χ1v) is 10.8. The van der Waals surface area contributed by atoms with Gasteiger partial charge in [0.05, 0.1) is 24.6 Å². The summed E-state index contributed by atoms with van der Waals surface area (Å²) in [4.78, 5) is 18.6. The number of halogens is 1. The zero-order valence-electron chi connectivity index (χ0n) is 17.6. The van der Waals surface area contributed by atoms with Gasteiger partial charge in [-0.05, 0) is 30.7 Å². The van der Waals surface area contributed by atoms with Crippen molar-refractivity contribution < 1.29 is 14.3 Å². The van der Waals surface area contributed by atoms with Gasteiger partial charge in [0.2, 0.25) is 11.4 Å². The molecule has 0 atom stereocenters. The van der Waals surface area contributed by atoms with E-state index in [0.717, 1.165) is 32.8 Å². The van der Waals surface area contributed by atoms with Crippen molar-refractivity contribution in [1.82, 2.24) is 14.5 Å². The van der Waals surface area contributed by atoms with Crippen LogP contribution in [0.3, 0.4) is 0 Å². The number of nitrogens with zero attached hydrogens (tertiary/aromatic N) is 4. The molecule has 0 aliphatic carbocycles. The van der Waals surface area contributed by atoms with Gasteiger partial charge in [-0.15, -0.1) is 0 Å². The molecular weight excluding hydrogens is 460 g/mol. The number of imidazole rings is 1. The van der Waals surface area contributed by atoms with Gasteiger partial charge < -0.3 is 19.4 Å². The van der Waals surface area contributed by atoms with E-state index in [1.807, 2.05) is 49.4 Å². The van der Waals surface area contributed by atoms with Crippen LogP contribution in [0.5, 0.6) is 5.75 Å². The molecule has 0 saturated carbocycles. The molecule has 0 spiro atoms. The Bertz CT molecular complexity index is 1270. The standard InChI is InChI=1S/C23H23BrN4O3/c1-4-26(15(2)29)14-20-25-21-22(18-7-5-6-8-19(18)28(30)23(21)24)27(20)13-16-9-11-17(31-3)12-10-16/h5-12H,4,13-14H2,1-3H3. The fourth-order valence-corrected chi connectivity index (χ4v) is 4.26. The maximum absolute atomic E-state index is 12.8. The van der Waals surface area contributed by atoms with Crippen LogP contribution >= 0.6 is 15.9 Å². The summed E-state index contributed by atoms with van der Waals surface area (Å²) in [5.41, 5.74) is 3.06. The van der Waals surface area contributed by atoms with Crippen molar-refractivity contribution in [2.45, 2.75) is 26.9 Å². The number of methoxy groups -OCH3 is 1. The number of amides is 1. The molecule has 4 aromatic rings. The summed E-state index contributed by atoms with van der Waals surface area (Å²) in [7, 11) is 1.64. The van der Waals surface area contributed by atoms with Crippen molar-refractivity contribution >= 4 is 43.8 Å². The molecule has 1 amide bonds. The minimum atomic E-state index is -0.0200.